The first-order chi connectivity index (χ1) is 7.29. The molecule has 90 valence electrons. The molecule has 16 heavy (non-hydrogen) atoms. The molecule has 0 bridgehead atoms. The number of ether oxygens (including phenoxy) is 1. The fourth-order valence-electron chi connectivity index (χ4n) is 1.82. The van der Waals surface area contributed by atoms with Crippen molar-refractivity contribution in [1.29, 1.82) is 0 Å². The molecule has 0 aromatic carbocycles. The second-order valence-electron chi connectivity index (χ2n) is 5.57. The van der Waals surface area contributed by atoms with Crippen LogP contribution in [0.1, 0.15) is 40.5 Å². The number of rotatable bonds is 2. The van der Waals surface area contributed by atoms with E-state index < -0.39 is 11.0 Å². The minimum atomic E-state index is -0.705. The van der Waals surface area contributed by atoms with E-state index in [9.17, 15) is 9.59 Å². The average Bonchev–Trinajstić information content (AvgIpc) is 2.16. The molecule has 1 aliphatic rings. The van der Waals surface area contributed by atoms with Crippen LogP contribution >= 0.6 is 0 Å². The van der Waals surface area contributed by atoms with Crippen molar-refractivity contribution in [2.75, 3.05) is 0 Å². The first kappa shape index (κ1) is 12.9. The number of aldehydes is 1. The highest BCUT2D eigenvalue weighted by atomic mass is 16.6. The van der Waals surface area contributed by atoms with Crippen LogP contribution in [0.5, 0.6) is 0 Å². The monoisotopic (exact) mass is 224 g/mol. The van der Waals surface area contributed by atoms with E-state index in [1.165, 1.54) is 0 Å². The second-order valence-corrected chi connectivity index (χ2v) is 5.57. The molecule has 2 atom stereocenters. The lowest BCUT2D eigenvalue weighted by molar-refractivity contribution is -0.171. The Morgan fingerprint density at radius 2 is 2.06 bits per heavy atom. The van der Waals surface area contributed by atoms with Gasteiger partial charge in [0, 0.05) is 5.92 Å². The molecule has 0 saturated heterocycles. The van der Waals surface area contributed by atoms with Crippen LogP contribution in [-0.2, 0) is 14.3 Å². The summed E-state index contributed by atoms with van der Waals surface area (Å²) in [6.45, 7) is 7.32. The van der Waals surface area contributed by atoms with E-state index in [4.69, 9.17) is 4.74 Å². The molecule has 0 aromatic rings. The number of allylic oxidation sites excluding steroid dienone is 2. The molecule has 0 N–H and O–H groups in total. The fraction of sp³-hybridized carbons (Fsp3) is 0.692. The number of carbonyl (C=O) groups is 2. The zero-order valence-electron chi connectivity index (χ0n) is 10.4. The van der Waals surface area contributed by atoms with E-state index in [1.54, 1.807) is 0 Å². The van der Waals surface area contributed by atoms with Gasteiger partial charge in [-0.05, 0) is 40.5 Å². The normalized spacial score (nSPS) is 29.9. The Kier molecular flexibility index (Phi) is 3.56. The Morgan fingerprint density at radius 1 is 1.44 bits per heavy atom. The van der Waals surface area contributed by atoms with Gasteiger partial charge in [-0.25, -0.2) is 0 Å². The molecule has 0 unspecified atom stereocenters. The van der Waals surface area contributed by atoms with Crippen LogP contribution in [0.15, 0.2) is 12.2 Å². The molecule has 0 aromatic heterocycles. The number of hydrogen-bond donors (Lipinski definition) is 0. The van der Waals surface area contributed by atoms with Crippen LogP contribution in [0.2, 0.25) is 0 Å². The van der Waals surface area contributed by atoms with Crippen molar-refractivity contribution in [2.24, 2.45) is 11.3 Å². The van der Waals surface area contributed by atoms with E-state index in [2.05, 4.69) is 0 Å². The minimum Gasteiger partial charge on any atom is -0.460 e. The third-order valence-corrected chi connectivity index (χ3v) is 2.95. The maximum absolute atomic E-state index is 12.1. The molecule has 0 fully saturated rings. The molecule has 1 aliphatic carbocycles. The average molecular weight is 224 g/mol. The number of hydrogen-bond acceptors (Lipinski definition) is 3. The second kappa shape index (κ2) is 4.40. The summed E-state index contributed by atoms with van der Waals surface area (Å²) in [5.41, 5.74) is -1.21. The summed E-state index contributed by atoms with van der Waals surface area (Å²) < 4.78 is 5.38. The lowest BCUT2D eigenvalue weighted by Crippen LogP contribution is -2.42. The van der Waals surface area contributed by atoms with Gasteiger partial charge < -0.3 is 9.53 Å². The predicted octanol–water partition coefficient (Wildman–Crippen LogP) is 2.50. The molecular weight excluding hydrogens is 204 g/mol. The molecule has 0 aliphatic heterocycles. The Morgan fingerprint density at radius 3 is 2.56 bits per heavy atom. The van der Waals surface area contributed by atoms with Crippen molar-refractivity contribution < 1.29 is 14.3 Å². The zero-order valence-corrected chi connectivity index (χ0v) is 10.4. The van der Waals surface area contributed by atoms with Crippen LogP contribution in [0, 0.1) is 11.3 Å². The van der Waals surface area contributed by atoms with E-state index in [0.717, 1.165) is 6.29 Å². The van der Waals surface area contributed by atoms with Crippen molar-refractivity contribution in [2.45, 2.75) is 46.1 Å². The van der Waals surface area contributed by atoms with Gasteiger partial charge in [-0.3, -0.25) is 4.79 Å². The molecule has 0 radical (unpaired) electrons. The quantitative estimate of drug-likeness (QED) is 0.411. The van der Waals surface area contributed by atoms with Gasteiger partial charge in [-0.15, -0.1) is 0 Å². The van der Waals surface area contributed by atoms with Crippen LogP contribution < -0.4 is 0 Å². The lowest BCUT2D eigenvalue weighted by atomic mass is 9.71. The van der Waals surface area contributed by atoms with E-state index in [0.29, 0.717) is 12.8 Å². The first-order valence-electron chi connectivity index (χ1n) is 5.63. The van der Waals surface area contributed by atoms with Crippen molar-refractivity contribution >= 4 is 12.3 Å². The van der Waals surface area contributed by atoms with Crippen LogP contribution in [0.4, 0.5) is 0 Å². The molecule has 0 saturated carbocycles. The largest absolute Gasteiger partial charge is 0.460 e. The van der Waals surface area contributed by atoms with Crippen molar-refractivity contribution in [3.05, 3.63) is 12.2 Å². The topological polar surface area (TPSA) is 43.4 Å². The third-order valence-electron chi connectivity index (χ3n) is 2.95. The fourth-order valence-corrected chi connectivity index (χ4v) is 1.82. The Balaban J connectivity index is 2.86. The van der Waals surface area contributed by atoms with Crippen molar-refractivity contribution in [1.82, 2.24) is 0 Å². The van der Waals surface area contributed by atoms with Gasteiger partial charge in [0.2, 0.25) is 0 Å². The van der Waals surface area contributed by atoms with E-state index >= 15 is 0 Å². The third kappa shape index (κ3) is 2.71. The van der Waals surface area contributed by atoms with Gasteiger partial charge in [-0.1, -0.05) is 12.2 Å². The summed E-state index contributed by atoms with van der Waals surface area (Å²) in [7, 11) is 0. The highest BCUT2D eigenvalue weighted by Crippen LogP contribution is 2.38. The molecule has 0 heterocycles. The summed E-state index contributed by atoms with van der Waals surface area (Å²) in [6, 6.07) is 0. The SMILES string of the molecule is CC(C)(C)OC(=O)[C@]1(C)CC=CC[C@H]1C=O. The smallest absolute Gasteiger partial charge is 0.313 e. The maximum atomic E-state index is 12.1. The summed E-state index contributed by atoms with van der Waals surface area (Å²) in [5, 5.41) is 0. The number of carbonyl (C=O) groups excluding carboxylic acids is 2. The molecule has 0 spiro atoms. The molecule has 3 heteroatoms. The highest BCUT2D eigenvalue weighted by Gasteiger charge is 2.44. The molecule has 1 rings (SSSR count). The van der Waals surface area contributed by atoms with Crippen LogP contribution in [0.3, 0.4) is 0 Å². The van der Waals surface area contributed by atoms with Gasteiger partial charge >= 0.3 is 5.97 Å². The molecular formula is C13H20O3. The van der Waals surface area contributed by atoms with Crippen molar-refractivity contribution in [3.63, 3.8) is 0 Å². The van der Waals surface area contributed by atoms with Crippen LogP contribution in [0.25, 0.3) is 0 Å². The van der Waals surface area contributed by atoms with Gasteiger partial charge in [0.05, 0.1) is 5.41 Å². The summed E-state index contributed by atoms with van der Waals surface area (Å²) in [6.07, 6.45) is 5.97. The summed E-state index contributed by atoms with van der Waals surface area (Å²) in [4.78, 5) is 23.1. The first-order valence-corrected chi connectivity index (χ1v) is 5.63. The minimum absolute atomic E-state index is 0.271. The Bertz CT molecular complexity index is 312. The molecule has 0 amide bonds. The maximum Gasteiger partial charge on any atom is 0.313 e. The van der Waals surface area contributed by atoms with Crippen LogP contribution in [-0.4, -0.2) is 17.9 Å². The van der Waals surface area contributed by atoms with Gasteiger partial charge in [0.15, 0.2) is 0 Å². The Hall–Kier alpha value is -1.12. The lowest BCUT2D eigenvalue weighted by Gasteiger charge is -2.36. The summed E-state index contributed by atoms with van der Waals surface area (Å²) >= 11 is 0. The predicted molar refractivity (Wildman–Crippen MR) is 61.9 cm³/mol. The molecule has 3 nitrogen and oxygen atoms in total. The van der Waals surface area contributed by atoms with Gasteiger partial charge in [0.1, 0.15) is 11.9 Å². The zero-order chi connectivity index (χ0) is 12.4. The van der Waals surface area contributed by atoms with E-state index in [-0.39, 0.29) is 11.9 Å². The van der Waals surface area contributed by atoms with Gasteiger partial charge in [-0.2, -0.15) is 0 Å². The number of esters is 1. The van der Waals surface area contributed by atoms with E-state index in [1.807, 2.05) is 39.8 Å². The van der Waals surface area contributed by atoms with Gasteiger partial charge in [0.25, 0.3) is 0 Å². The summed E-state index contributed by atoms with van der Waals surface area (Å²) in [5.74, 6) is -0.547. The van der Waals surface area contributed by atoms with Crippen molar-refractivity contribution in [3.8, 4) is 0 Å². The standard InChI is InChI=1S/C13H20O3/c1-12(2,3)16-11(15)13(4)8-6-5-7-10(13)9-14/h5-6,9-10H,7-8H2,1-4H3/t10-,13+/m0/s1. The Labute approximate surface area is 96.9 Å². The highest BCUT2D eigenvalue weighted by molar-refractivity contribution is 5.81.